The average Bonchev–Trinajstić information content (AvgIpc) is 2.43. The predicted octanol–water partition coefficient (Wildman–Crippen LogP) is 2.94. The van der Waals surface area contributed by atoms with E-state index in [0.717, 1.165) is 12.1 Å². The van der Waals surface area contributed by atoms with E-state index in [9.17, 15) is 0 Å². The Kier molecular flexibility index (Phi) is 4.07. The van der Waals surface area contributed by atoms with Crippen LogP contribution in [-0.4, -0.2) is 16.4 Å². The molecule has 0 amide bonds. The molecule has 0 atom stereocenters. The molecule has 17 heavy (non-hydrogen) atoms. The molecule has 0 aliphatic rings. The summed E-state index contributed by atoms with van der Waals surface area (Å²) in [5.41, 5.74) is 7.91. The number of nitrogen functional groups attached to an aromatic ring is 1. The summed E-state index contributed by atoms with van der Waals surface area (Å²) in [6, 6.07) is 0. The number of nitrogens with zero attached hydrogens (tertiary/aromatic N) is 2. The molecule has 0 aliphatic carbocycles. The molecule has 4 heteroatoms. The third-order valence-electron chi connectivity index (χ3n) is 2.70. The summed E-state index contributed by atoms with van der Waals surface area (Å²) < 4.78 is 7.48. The Bertz CT molecular complexity index is 375. The molecule has 0 saturated carbocycles. The van der Waals surface area contributed by atoms with Gasteiger partial charge in [-0.2, -0.15) is 5.10 Å². The Hall–Kier alpha value is -1.19. The van der Waals surface area contributed by atoms with Crippen molar-refractivity contribution >= 4 is 5.69 Å². The topological polar surface area (TPSA) is 53.1 Å². The van der Waals surface area contributed by atoms with E-state index in [1.807, 2.05) is 7.05 Å². The fourth-order valence-electron chi connectivity index (χ4n) is 1.60. The van der Waals surface area contributed by atoms with Crippen LogP contribution in [0.25, 0.3) is 0 Å². The molecule has 98 valence electrons. The van der Waals surface area contributed by atoms with Crippen LogP contribution in [0.5, 0.6) is 5.88 Å². The maximum atomic E-state index is 6.05. The van der Waals surface area contributed by atoms with Crippen molar-refractivity contribution in [1.29, 1.82) is 0 Å². The van der Waals surface area contributed by atoms with Crippen molar-refractivity contribution in [1.82, 2.24) is 9.78 Å². The van der Waals surface area contributed by atoms with Crippen molar-refractivity contribution in [2.24, 2.45) is 12.5 Å². The van der Waals surface area contributed by atoms with Crippen molar-refractivity contribution in [3.05, 3.63) is 5.69 Å². The van der Waals surface area contributed by atoms with Crippen LogP contribution in [0.4, 0.5) is 5.69 Å². The van der Waals surface area contributed by atoms with Crippen molar-refractivity contribution in [3.8, 4) is 5.88 Å². The Labute approximate surface area is 104 Å². The van der Waals surface area contributed by atoms with E-state index in [4.69, 9.17) is 10.5 Å². The van der Waals surface area contributed by atoms with Crippen LogP contribution >= 0.6 is 0 Å². The molecule has 0 saturated heterocycles. The molecule has 2 N–H and O–H groups in total. The smallest absolute Gasteiger partial charge is 0.235 e. The number of hydrogen-bond donors (Lipinski definition) is 1. The lowest BCUT2D eigenvalue weighted by molar-refractivity contribution is 0.229. The highest BCUT2D eigenvalue weighted by Crippen LogP contribution is 2.30. The highest BCUT2D eigenvalue weighted by Gasteiger charge is 2.18. The minimum atomic E-state index is 0.272. The van der Waals surface area contributed by atoms with E-state index in [-0.39, 0.29) is 5.41 Å². The van der Waals surface area contributed by atoms with E-state index >= 15 is 0 Å². The standard InChI is InChI=1S/C13H25N3O/c1-9(2)11-10(14)12(16(6)15-11)17-8-7-13(3,4)5/h9H,7-8,14H2,1-6H3. The fraction of sp³-hybridized carbons (Fsp3) is 0.769. The Balaban J connectivity index is 2.72. The lowest BCUT2D eigenvalue weighted by atomic mass is 9.93. The molecule has 0 aromatic carbocycles. The van der Waals surface area contributed by atoms with E-state index < -0.39 is 0 Å². The quantitative estimate of drug-likeness (QED) is 0.879. The second kappa shape index (κ2) is 4.98. The number of anilines is 1. The zero-order valence-electron chi connectivity index (χ0n) is 11.9. The first kappa shape index (κ1) is 13.9. The van der Waals surface area contributed by atoms with E-state index in [2.05, 4.69) is 39.7 Å². The maximum absolute atomic E-state index is 6.05. The van der Waals surface area contributed by atoms with Crippen LogP contribution in [0.3, 0.4) is 0 Å². The third kappa shape index (κ3) is 3.65. The molecule has 0 bridgehead atoms. The summed E-state index contributed by atoms with van der Waals surface area (Å²) >= 11 is 0. The van der Waals surface area contributed by atoms with Crippen molar-refractivity contribution in [2.45, 2.75) is 47.0 Å². The number of hydrogen-bond acceptors (Lipinski definition) is 3. The van der Waals surface area contributed by atoms with E-state index in [0.29, 0.717) is 24.1 Å². The molecule has 0 spiro atoms. The van der Waals surface area contributed by atoms with E-state index in [1.165, 1.54) is 0 Å². The summed E-state index contributed by atoms with van der Waals surface area (Å²) in [6.07, 6.45) is 0.995. The van der Waals surface area contributed by atoms with Gasteiger partial charge in [-0.05, 0) is 17.8 Å². The second-order valence-corrected chi connectivity index (χ2v) is 6.04. The summed E-state index contributed by atoms with van der Waals surface area (Å²) in [5.74, 6) is 1.01. The van der Waals surface area contributed by atoms with Gasteiger partial charge in [0.05, 0.1) is 12.3 Å². The molecule has 0 aliphatic heterocycles. The minimum absolute atomic E-state index is 0.272. The highest BCUT2D eigenvalue weighted by molar-refractivity contribution is 5.54. The molecule has 0 radical (unpaired) electrons. The molecule has 1 heterocycles. The largest absolute Gasteiger partial charge is 0.476 e. The molecular weight excluding hydrogens is 214 g/mol. The van der Waals surface area contributed by atoms with Crippen LogP contribution in [0, 0.1) is 5.41 Å². The number of aromatic nitrogens is 2. The first-order valence-corrected chi connectivity index (χ1v) is 6.17. The fourth-order valence-corrected chi connectivity index (χ4v) is 1.60. The summed E-state index contributed by atoms with van der Waals surface area (Å²) in [5, 5.41) is 4.39. The van der Waals surface area contributed by atoms with Crippen molar-refractivity contribution < 1.29 is 4.74 Å². The van der Waals surface area contributed by atoms with Crippen molar-refractivity contribution in [3.63, 3.8) is 0 Å². The van der Waals surface area contributed by atoms with Crippen LogP contribution in [-0.2, 0) is 7.05 Å². The maximum Gasteiger partial charge on any atom is 0.235 e. The van der Waals surface area contributed by atoms with Crippen molar-refractivity contribution in [2.75, 3.05) is 12.3 Å². The SMILES string of the molecule is CC(C)c1nn(C)c(OCCC(C)(C)C)c1N. The normalized spacial score (nSPS) is 12.2. The number of rotatable bonds is 4. The molecule has 1 aromatic heterocycles. The number of nitrogens with two attached hydrogens (primary N) is 1. The van der Waals surface area contributed by atoms with Gasteiger partial charge in [-0.15, -0.1) is 0 Å². The lowest BCUT2D eigenvalue weighted by Crippen LogP contribution is -2.12. The van der Waals surface area contributed by atoms with Gasteiger partial charge in [-0.1, -0.05) is 34.6 Å². The lowest BCUT2D eigenvalue weighted by Gasteiger charge is -2.18. The monoisotopic (exact) mass is 239 g/mol. The molecular formula is C13H25N3O. The van der Waals surface area contributed by atoms with Crippen LogP contribution in [0.1, 0.15) is 52.7 Å². The zero-order chi connectivity index (χ0) is 13.2. The predicted molar refractivity (Wildman–Crippen MR) is 71.3 cm³/mol. The average molecular weight is 239 g/mol. The Morgan fingerprint density at radius 1 is 1.35 bits per heavy atom. The Morgan fingerprint density at radius 2 is 1.94 bits per heavy atom. The van der Waals surface area contributed by atoms with E-state index in [1.54, 1.807) is 4.68 Å². The number of aryl methyl sites for hydroxylation is 1. The molecule has 1 aromatic rings. The van der Waals surface area contributed by atoms with Gasteiger partial charge in [0.15, 0.2) is 0 Å². The van der Waals surface area contributed by atoms with Crippen LogP contribution in [0.2, 0.25) is 0 Å². The van der Waals surface area contributed by atoms with Crippen LogP contribution in [0.15, 0.2) is 0 Å². The van der Waals surface area contributed by atoms with Gasteiger partial charge < -0.3 is 10.5 Å². The molecule has 0 fully saturated rings. The highest BCUT2D eigenvalue weighted by atomic mass is 16.5. The first-order valence-electron chi connectivity index (χ1n) is 6.17. The minimum Gasteiger partial charge on any atom is -0.476 e. The van der Waals surface area contributed by atoms with Gasteiger partial charge in [-0.3, -0.25) is 0 Å². The van der Waals surface area contributed by atoms with Gasteiger partial charge in [0.25, 0.3) is 0 Å². The first-order chi connectivity index (χ1) is 7.72. The van der Waals surface area contributed by atoms with Gasteiger partial charge in [-0.25, -0.2) is 4.68 Å². The number of ether oxygens (including phenoxy) is 1. The van der Waals surface area contributed by atoms with Gasteiger partial charge in [0.2, 0.25) is 5.88 Å². The molecule has 4 nitrogen and oxygen atoms in total. The van der Waals surface area contributed by atoms with Crippen LogP contribution < -0.4 is 10.5 Å². The Morgan fingerprint density at radius 3 is 2.35 bits per heavy atom. The summed E-state index contributed by atoms with van der Waals surface area (Å²) in [6.45, 7) is 11.4. The second-order valence-electron chi connectivity index (χ2n) is 6.04. The zero-order valence-corrected chi connectivity index (χ0v) is 11.9. The summed E-state index contributed by atoms with van der Waals surface area (Å²) in [7, 11) is 1.87. The van der Waals surface area contributed by atoms with Gasteiger partial charge in [0.1, 0.15) is 5.69 Å². The molecule has 1 rings (SSSR count). The van der Waals surface area contributed by atoms with Gasteiger partial charge >= 0.3 is 0 Å². The third-order valence-corrected chi connectivity index (χ3v) is 2.70. The summed E-state index contributed by atoms with van der Waals surface area (Å²) in [4.78, 5) is 0. The molecule has 0 unspecified atom stereocenters. The van der Waals surface area contributed by atoms with Gasteiger partial charge in [0, 0.05) is 7.05 Å².